The zero-order valence-corrected chi connectivity index (χ0v) is 61.2. The molecule has 4 aromatic carbocycles. The maximum Gasteiger partial charge on any atom is 0.410 e. The standard InChI is InChI=1S/C26H28FN9.C24H31N7O4.C24H33N7O2.CH4O.2CH4/c27-19-3-6-21-22(13-19)34-26(33-21)32-20-4-1-17(2-5-20)9-12-29-25-24-23(30-16-31-25)15-36(35-24)14-18-7-10-28-11-8-18;1-24(2,3)35-23(32)29-12-9-18(10-13-29)14-30-15-20-21(28-30)22(27-16-26-20)25-11-8-17-4-6-19(7-5-17)31(33)34;1-24(2,3)33-23(32)30-12-9-18(10-13-30)14-31-15-20-21(29-31)22(28-16-27-20)26-11-8-17-4-6-19(25)7-5-17;1-2;;/h1-6,13,15-16,18,28H,7-12,14H2,(H,29,30,31)(H2,32,33,34);4-7,15-16,18H,8-14H2,1-3H3,(H,25,26,27);4-7,15-16,18H,8-14,25H2,1-3H3,(H,26,27,28);2H,1H3;2*1H4. The largest absolute Gasteiger partial charge is 0.444 e. The Morgan fingerprint density at radius 2 is 0.954 bits per heavy atom. The molecule has 7 aromatic heterocycles. The Labute approximate surface area is 628 Å². The number of aromatic amines is 1. The first-order valence-electron chi connectivity index (χ1n) is 36.1. The summed E-state index contributed by atoms with van der Waals surface area (Å²) in [5, 5.41) is 48.8. The van der Waals surface area contributed by atoms with Crippen molar-refractivity contribution in [2.24, 2.45) is 17.8 Å². The molecule has 0 atom stereocenters. The number of hydrogen-bond acceptors (Lipinski definition) is 23. The summed E-state index contributed by atoms with van der Waals surface area (Å²) in [5.74, 6) is 3.98. The number of aliphatic hydroxyl groups excluding tert-OH is 1. The summed E-state index contributed by atoms with van der Waals surface area (Å²) in [6, 6.07) is 27.1. The summed E-state index contributed by atoms with van der Waals surface area (Å²) in [5.41, 5.74) is 16.1. The minimum absolute atomic E-state index is 0. The minimum Gasteiger partial charge on any atom is -0.444 e. The van der Waals surface area contributed by atoms with Crippen LogP contribution in [0, 0.1) is 33.7 Å². The Balaban J connectivity index is 0.000000183. The number of likely N-dealkylation sites (tertiary alicyclic amines) is 2. The van der Waals surface area contributed by atoms with Crippen LogP contribution < -0.4 is 32.3 Å². The van der Waals surface area contributed by atoms with Crippen molar-refractivity contribution in [1.29, 1.82) is 0 Å². The fourth-order valence-electron chi connectivity index (χ4n) is 12.8. The van der Waals surface area contributed by atoms with Gasteiger partial charge in [0.2, 0.25) is 5.95 Å². The van der Waals surface area contributed by atoms with E-state index in [4.69, 9.17) is 35.6 Å². The number of amides is 2. The summed E-state index contributed by atoms with van der Waals surface area (Å²) >= 11 is 0. The van der Waals surface area contributed by atoms with Crippen molar-refractivity contribution in [3.63, 3.8) is 0 Å². The van der Waals surface area contributed by atoms with Gasteiger partial charge in [0.05, 0.1) is 34.5 Å². The second kappa shape index (κ2) is 37.9. The molecule has 108 heavy (non-hydrogen) atoms. The molecular formula is C77H104FN23O7. The molecule has 11 aromatic rings. The molecule has 0 radical (unpaired) electrons. The number of halogens is 1. The van der Waals surface area contributed by atoms with Crippen LogP contribution >= 0.6 is 0 Å². The monoisotopic (exact) mass is 1480 g/mol. The number of aliphatic hydroxyl groups is 1. The van der Waals surface area contributed by atoms with Gasteiger partial charge >= 0.3 is 12.2 Å². The molecule has 576 valence electrons. The van der Waals surface area contributed by atoms with E-state index in [0.717, 1.165) is 153 Å². The molecule has 3 saturated heterocycles. The molecule has 3 aliphatic rings. The highest BCUT2D eigenvalue weighted by atomic mass is 19.1. The van der Waals surface area contributed by atoms with Crippen LogP contribution in [0.1, 0.15) is 112 Å². The Hall–Kier alpha value is -11.2. The van der Waals surface area contributed by atoms with E-state index in [0.29, 0.717) is 79.7 Å². The predicted octanol–water partition coefficient (Wildman–Crippen LogP) is 12.9. The van der Waals surface area contributed by atoms with Crippen LogP contribution in [-0.2, 0) is 48.4 Å². The van der Waals surface area contributed by atoms with Crippen molar-refractivity contribution < 1.29 is 33.5 Å². The van der Waals surface area contributed by atoms with Crippen LogP contribution in [0.15, 0.2) is 129 Å². The second-order valence-electron chi connectivity index (χ2n) is 28.7. The molecule has 31 heteroatoms. The maximum absolute atomic E-state index is 13.4. The third-order valence-electron chi connectivity index (χ3n) is 18.3. The third kappa shape index (κ3) is 23.1. The number of rotatable bonds is 21. The lowest BCUT2D eigenvalue weighted by Crippen LogP contribution is -2.42. The van der Waals surface area contributed by atoms with Crippen molar-refractivity contribution in [2.75, 3.05) is 93.0 Å². The van der Waals surface area contributed by atoms with Crippen molar-refractivity contribution in [1.82, 2.24) is 84.3 Å². The molecule has 0 unspecified atom stereocenters. The van der Waals surface area contributed by atoms with Crippen LogP contribution in [0.3, 0.4) is 0 Å². The van der Waals surface area contributed by atoms with Crippen molar-refractivity contribution in [2.45, 2.75) is 145 Å². The van der Waals surface area contributed by atoms with Gasteiger partial charge in [-0.1, -0.05) is 51.3 Å². The van der Waals surface area contributed by atoms with Gasteiger partial charge in [0.25, 0.3) is 5.69 Å². The van der Waals surface area contributed by atoms with Crippen molar-refractivity contribution >= 4 is 96.8 Å². The summed E-state index contributed by atoms with van der Waals surface area (Å²) in [6.07, 6.45) is 18.5. The van der Waals surface area contributed by atoms with E-state index in [9.17, 15) is 24.1 Å². The van der Waals surface area contributed by atoms with E-state index < -0.39 is 16.1 Å². The van der Waals surface area contributed by atoms with Gasteiger partial charge in [-0.25, -0.2) is 48.9 Å². The highest BCUT2D eigenvalue weighted by molar-refractivity contribution is 5.86. The normalized spacial score (nSPS) is 14.3. The number of nitrogens with zero attached hydrogens (tertiary/aromatic N) is 16. The Bertz CT molecular complexity index is 4670. The molecule has 2 amide bonds. The first-order chi connectivity index (χ1) is 51.1. The van der Waals surface area contributed by atoms with Gasteiger partial charge < -0.3 is 61.7 Å². The lowest BCUT2D eigenvalue weighted by atomic mass is 9.97. The number of fused-ring (bicyclic) bond motifs is 4. The number of carbonyl (C=O) groups is 2. The summed E-state index contributed by atoms with van der Waals surface area (Å²) in [4.78, 5) is 72.4. The molecule has 30 nitrogen and oxygen atoms in total. The molecule has 0 saturated carbocycles. The third-order valence-corrected chi connectivity index (χ3v) is 18.3. The smallest absolute Gasteiger partial charge is 0.410 e. The number of non-ortho nitro benzene ring substituents is 1. The highest BCUT2D eigenvalue weighted by Crippen LogP contribution is 2.28. The highest BCUT2D eigenvalue weighted by Gasteiger charge is 2.30. The maximum atomic E-state index is 13.4. The van der Waals surface area contributed by atoms with Crippen LogP contribution in [0.5, 0.6) is 0 Å². The van der Waals surface area contributed by atoms with E-state index in [1.54, 1.807) is 40.7 Å². The van der Waals surface area contributed by atoms with E-state index >= 15 is 0 Å². The average Bonchev–Trinajstić information content (AvgIpc) is 1.67. The molecule has 3 fully saturated rings. The molecular weight excluding hydrogens is 1380 g/mol. The number of nitro benzene ring substituents is 1. The fraction of sp³-hybridized carbons (Fsp3) is 0.455. The lowest BCUT2D eigenvalue weighted by molar-refractivity contribution is -0.384. The number of benzene rings is 4. The number of piperidine rings is 3. The number of nitro groups is 1. The van der Waals surface area contributed by atoms with Gasteiger partial charge in [-0.3, -0.25) is 24.2 Å². The SMILES string of the molecule is C.C.CC(C)(C)OC(=O)N1CCC(Cn2cc3ncnc(NCCc4ccc(N)cc4)c3n2)CC1.CC(C)(C)OC(=O)N1CCC(Cn2cc3ncnc(NCCc4ccc([N+](=O)[O-])cc4)c3n2)CC1.CO.Fc1ccc2nc(Nc3ccc(CCNc4ncnc5cn(CC6CCNCC6)nc45)cc3)[nH]c2c1. The minimum atomic E-state index is -0.488. The first kappa shape index (κ1) is 80.9. The van der Waals surface area contributed by atoms with Crippen molar-refractivity contribution in [3.8, 4) is 0 Å². The van der Waals surface area contributed by atoms with Crippen LogP contribution in [0.2, 0.25) is 0 Å². The Morgan fingerprint density at radius 3 is 1.35 bits per heavy atom. The number of carbonyl (C=O) groups excluding carboxylic acids is 2. The quantitative estimate of drug-likeness (QED) is 0.0188. The van der Waals surface area contributed by atoms with Gasteiger partial charge in [-0.2, -0.15) is 15.3 Å². The van der Waals surface area contributed by atoms with Gasteiger partial charge in [0.1, 0.15) is 52.6 Å². The molecule has 0 spiro atoms. The van der Waals surface area contributed by atoms with Gasteiger partial charge in [0, 0.05) is 96.1 Å². The fourth-order valence-corrected chi connectivity index (χ4v) is 12.8. The number of H-pyrrole nitrogens is 1. The second-order valence-corrected chi connectivity index (χ2v) is 28.7. The zero-order valence-electron chi connectivity index (χ0n) is 61.2. The van der Waals surface area contributed by atoms with Crippen molar-refractivity contribution in [3.05, 3.63) is 161 Å². The van der Waals surface area contributed by atoms with Crippen LogP contribution in [0.4, 0.5) is 54.4 Å². The van der Waals surface area contributed by atoms with Crippen LogP contribution in [0.25, 0.3) is 44.1 Å². The number of nitrogens with one attached hydrogen (secondary N) is 6. The van der Waals surface area contributed by atoms with Gasteiger partial charge in [-0.05, 0) is 189 Å². The van der Waals surface area contributed by atoms with Crippen LogP contribution in [-0.4, -0.2) is 178 Å². The summed E-state index contributed by atoms with van der Waals surface area (Å²) in [7, 11) is 1.00. The number of ether oxygens (including phenoxy) is 2. The zero-order chi connectivity index (χ0) is 74.7. The first-order valence-corrected chi connectivity index (χ1v) is 36.1. The van der Waals surface area contributed by atoms with E-state index in [1.807, 2.05) is 111 Å². The topological polar surface area (TPSA) is 368 Å². The van der Waals surface area contributed by atoms with E-state index in [-0.39, 0.29) is 38.5 Å². The van der Waals surface area contributed by atoms with Gasteiger partial charge in [0.15, 0.2) is 34.0 Å². The Kier molecular flexibility index (Phi) is 28.3. The summed E-state index contributed by atoms with van der Waals surface area (Å²) < 4.78 is 30.3. The molecule has 9 N–H and O–H groups in total. The molecule has 0 bridgehead atoms. The number of aromatic nitrogens is 14. The molecule has 10 heterocycles. The molecule has 0 aliphatic carbocycles. The summed E-state index contributed by atoms with van der Waals surface area (Å²) in [6.45, 7) is 20.8. The number of hydrogen-bond donors (Lipinski definition) is 8. The Morgan fingerprint density at radius 1 is 0.565 bits per heavy atom. The number of anilines is 6. The predicted molar refractivity (Wildman–Crippen MR) is 421 cm³/mol. The number of nitrogen functional groups attached to an aromatic ring is 1. The average molecular weight is 1480 g/mol. The molecule has 14 rings (SSSR count). The lowest BCUT2D eigenvalue weighted by Gasteiger charge is -2.33. The van der Waals surface area contributed by atoms with Gasteiger partial charge in [-0.15, -0.1) is 0 Å². The number of nitrogens with two attached hydrogens (primary N) is 1. The number of imidazole rings is 1. The van der Waals surface area contributed by atoms with E-state index in [1.165, 1.54) is 54.6 Å². The van der Waals surface area contributed by atoms with E-state index in [2.05, 4.69) is 78.6 Å². The molecule has 3 aliphatic heterocycles.